The number of benzene rings is 2. The first-order valence-corrected chi connectivity index (χ1v) is 9.36. The standard InChI is InChI=1S/C20H13F2N3O3S/c21-12-8-13(22)10-15(9-12)25-19(27)18-16(6-7-29-18)24(20(25)28)11-17(26)23-14-4-2-1-3-5-14/h1-10H,11H2,(H,23,26). The van der Waals surface area contributed by atoms with Gasteiger partial charge in [-0.1, -0.05) is 18.2 Å². The summed E-state index contributed by atoms with van der Waals surface area (Å²) in [5.41, 5.74) is -0.988. The quantitative estimate of drug-likeness (QED) is 0.559. The number of thiophene rings is 1. The second kappa shape index (κ2) is 7.44. The minimum absolute atomic E-state index is 0.196. The Hall–Kier alpha value is -3.59. The Bertz CT molecular complexity index is 1320. The summed E-state index contributed by atoms with van der Waals surface area (Å²) < 4.78 is 29.3. The van der Waals surface area contributed by atoms with Gasteiger partial charge in [0.05, 0.1) is 11.2 Å². The third-order valence-corrected chi connectivity index (χ3v) is 5.11. The van der Waals surface area contributed by atoms with Crippen molar-refractivity contribution in [1.29, 1.82) is 0 Å². The molecule has 0 radical (unpaired) electrons. The van der Waals surface area contributed by atoms with E-state index in [1.807, 2.05) is 0 Å². The van der Waals surface area contributed by atoms with Crippen LogP contribution in [0.15, 0.2) is 69.6 Å². The van der Waals surface area contributed by atoms with Crippen molar-refractivity contribution in [2.75, 3.05) is 5.32 Å². The molecule has 0 spiro atoms. The molecule has 0 aliphatic heterocycles. The van der Waals surface area contributed by atoms with E-state index in [9.17, 15) is 23.2 Å². The van der Waals surface area contributed by atoms with Crippen LogP contribution in [0.2, 0.25) is 0 Å². The van der Waals surface area contributed by atoms with Crippen LogP contribution in [0.3, 0.4) is 0 Å². The number of halogens is 2. The third kappa shape index (κ3) is 3.59. The highest BCUT2D eigenvalue weighted by Crippen LogP contribution is 2.17. The van der Waals surface area contributed by atoms with Gasteiger partial charge in [-0.15, -0.1) is 11.3 Å². The lowest BCUT2D eigenvalue weighted by molar-refractivity contribution is -0.116. The molecule has 0 fully saturated rings. The highest BCUT2D eigenvalue weighted by Gasteiger charge is 2.18. The van der Waals surface area contributed by atoms with Gasteiger partial charge in [0.2, 0.25) is 5.91 Å². The zero-order valence-corrected chi connectivity index (χ0v) is 15.6. The second-order valence-corrected chi connectivity index (χ2v) is 7.10. The van der Waals surface area contributed by atoms with E-state index >= 15 is 0 Å². The maximum atomic E-state index is 13.7. The average Bonchev–Trinajstić information content (AvgIpc) is 3.15. The Kier molecular flexibility index (Phi) is 4.81. The number of aromatic nitrogens is 2. The third-order valence-electron chi connectivity index (χ3n) is 4.22. The summed E-state index contributed by atoms with van der Waals surface area (Å²) in [6, 6.07) is 12.6. The zero-order valence-electron chi connectivity index (χ0n) is 14.8. The van der Waals surface area contributed by atoms with E-state index in [-0.39, 0.29) is 22.4 Å². The lowest BCUT2D eigenvalue weighted by atomic mass is 10.3. The first-order chi connectivity index (χ1) is 13.9. The molecule has 146 valence electrons. The van der Waals surface area contributed by atoms with Crippen molar-refractivity contribution >= 4 is 33.1 Å². The van der Waals surface area contributed by atoms with Crippen molar-refractivity contribution in [3.8, 4) is 5.69 Å². The highest BCUT2D eigenvalue weighted by molar-refractivity contribution is 7.17. The molecule has 2 aromatic carbocycles. The summed E-state index contributed by atoms with van der Waals surface area (Å²) in [6.07, 6.45) is 0. The maximum Gasteiger partial charge on any atom is 0.336 e. The number of amides is 1. The fraction of sp³-hybridized carbons (Fsp3) is 0.0500. The van der Waals surface area contributed by atoms with Gasteiger partial charge in [0.1, 0.15) is 22.9 Å². The fourth-order valence-corrected chi connectivity index (χ4v) is 3.83. The van der Waals surface area contributed by atoms with Crippen molar-refractivity contribution in [3.05, 3.63) is 92.4 Å². The number of hydrogen-bond donors (Lipinski definition) is 1. The molecule has 29 heavy (non-hydrogen) atoms. The van der Waals surface area contributed by atoms with E-state index in [1.54, 1.807) is 41.8 Å². The van der Waals surface area contributed by atoms with Crippen LogP contribution >= 0.6 is 11.3 Å². The molecule has 0 aliphatic carbocycles. The summed E-state index contributed by atoms with van der Waals surface area (Å²) in [7, 11) is 0. The van der Waals surface area contributed by atoms with Gasteiger partial charge in [-0.25, -0.2) is 18.1 Å². The second-order valence-electron chi connectivity index (χ2n) is 6.19. The Labute approximate surface area is 166 Å². The molecule has 4 rings (SSSR count). The summed E-state index contributed by atoms with van der Waals surface area (Å²) in [5, 5.41) is 4.27. The Morgan fingerprint density at radius 3 is 2.38 bits per heavy atom. The van der Waals surface area contributed by atoms with Crippen molar-refractivity contribution in [2.24, 2.45) is 0 Å². The van der Waals surface area contributed by atoms with Gasteiger partial charge >= 0.3 is 5.69 Å². The Morgan fingerprint density at radius 1 is 1.00 bits per heavy atom. The molecule has 2 aromatic heterocycles. The summed E-state index contributed by atoms with van der Waals surface area (Å²) in [6.45, 7) is -0.376. The normalized spacial score (nSPS) is 11.0. The van der Waals surface area contributed by atoms with Crippen LogP contribution in [0.1, 0.15) is 0 Å². The van der Waals surface area contributed by atoms with E-state index in [2.05, 4.69) is 5.32 Å². The van der Waals surface area contributed by atoms with Gasteiger partial charge in [-0.3, -0.25) is 14.2 Å². The number of hydrogen-bond acceptors (Lipinski definition) is 4. The molecule has 0 saturated carbocycles. The maximum absolute atomic E-state index is 13.7. The van der Waals surface area contributed by atoms with Gasteiger partial charge in [-0.2, -0.15) is 0 Å². The largest absolute Gasteiger partial charge is 0.336 e. The number of nitrogens with one attached hydrogen (secondary N) is 1. The summed E-state index contributed by atoms with van der Waals surface area (Å²) in [5.74, 6) is -2.33. The van der Waals surface area contributed by atoms with Crippen molar-refractivity contribution in [3.63, 3.8) is 0 Å². The van der Waals surface area contributed by atoms with E-state index in [0.29, 0.717) is 16.3 Å². The molecule has 6 nitrogen and oxygen atoms in total. The molecule has 0 saturated heterocycles. The first-order valence-electron chi connectivity index (χ1n) is 8.48. The van der Waals surface area contributed by atoms with Gasteiger partial charge in [-0.05, 0) is 35.7 Å². The molecule has 0 aliphatic rings. The number of anilines is 1. The molecule has 1 amide bonds. The topological polar surface area (TPSA) is 73.1 Å². The molecule has 1 N–H and O–H groups in total. The van der Waals surface area contributed by atoms with E-state index in [0.717, 1.165) is 28.0 Å². The van der Waals surface area contributed by atoms with Gasteiger partial charge in [0.15, 0.2) is 0 Å². The fourth-order valence-electron chi connectivity index (χ4n) is 3.00. The van der Waals surface area contributed by atoms with Crippen LogP contribution in [0.5, 0.6) is 0 Å². The van der Waals surface area contributed by atoms with Gasteiger partial charge in [0.25, 0.3) is 5.56 Å². The van der Waals surface area contributed by atoms with Crippen LogP contribution in [0.4, 0.5) is 14.5 Å². The SMILES string of the molecule is O=C(Cn1c(=O)n(-c2cc(F)cc(F)c2)c(=O)c2sccc21)Nc1ccccc1. The predicted molar refractivity (Wildman–Crippen MR) is 107 cm³/mol. The van der Waals surface area contributed by atoms with Crippen LogP contribution in [-0.4, -0.2) is 15.0 Å². The molecule has 0 unspecified atom stereocenters. The molecule has 9 heteroatoms. The molecule has 2 heterocycles. The minimum atomic E-state index is -0.925. The average molecular weight is 413 g/mol. The number of rotatable bonds is 4. The number of carbonyl (C=O) groups is 1. The molecular formula is C20H13F2N3O3S. The lowest BCUT2D eigenvalue weighted by Crippen LogP contribution is -2.40. The number of nitrogens with zero attached hydrogens (tertiary/aromatic N) is 2. The van der Waals surface area contributed by atoms with Crippen LogP contribution in [0, 0.1) is 11.6 Å². The van der Waals surface area contributed by atoms with Gasteiger partial charge < -0.3 is 5.32 Å². The van der Waals surface area contributed by atoms with E-state index < -0.39 is 28.8 Å². The first kappa shape index (κ1) is 18.8. The number of fused-ring (bicyclic) bond motifs is 1. The number of para-hydroxylation sites is 1. The molecule has 0 atom stereocenters. The Morgan fingerprint density at radius 2 is 1.69 bits per heavy atom. The predicted octanol–water partition coefficient (Wildman–Crippen LogP) is 3.13. The van der Waals surface area contributed by atoms with Crippen LogP contribution in [-0.2, 0) is 11.3 Å². The van der Waals surface area contributed by atoms with Crippen molar-refractivity contribution in [2.45, 2.75) is 6.54 Å². The summed E-state index contributed by atoms with van der Waals surface area (Å²) >= 11 is 1.07. The summed E-state index contributed by atoms with van der Waals surface area (Å²) in [4.78, 5) is 38.3. The lowest BCUT2D eigenvalue weighted by Gasteiger charge is -2.12. The highest BCUT2D eigenvalue weighted by atomic mass is 32.1. The van der Waals surface area contributed by atoms with Gasteiger partial charge in [0, 0.05) is 11.8 Å². The monoisotopic (exact) mass is 413 g/mol. The number of carbonyl (C=O) groups excluding carboxylic acids is 1. The minimum Gasteiger partial charge on any atom is -0.325 e. The molecular weight excluding hydrogens is 400 g/mol. The zero-order chi connectivity index (χ0) is 20.5. The molecule has 0 bridgehead atoms. The molecule has 4 aromatic rings. The Balaban J connectivity index is 1.84. The van der Waals surface area contributed by atoms with Crippen molar-refractivity contribution in [1.82, 2.24) is 9.13 Å². The van der Waals surface area contributed by atoms with Crippen LogP contribution in [0.25, 0.3) is 15.9 Å². The van der Waals surface area contributed by atoms with E-state index in [4.69, 9.17) is 0 Å². The van der Waals surface area contributed by atoms with Crippen LogP contribution < -0.4 is 16.6 Å². The van der Waals surface area contributed by atoms with E-state index in [1.165, 1.54) is 0 Å². The smallest absolute Gasteiger partial charge is 0.325 e. The van der Waals surface area contributed by atoms with Crippen molar-refractivity contribution < 1.29 is 13.6 Å².